The standard InChI is InChI=1S/C26H21Cl2NO3/c1-14(30)21-19-13-18(15-9-11-16(27)12-10-15)22(17-7-5-6-8-20(17)28)29-25(19)32-23(21)24(31)26(2,3)4/h5-13H,1-4H3. The summed E-state index contributed by atoms with van der Waals surface area (Å²) in [6.07, 6.45) is 0. The fourth-order valence-electron chi connectivity index (χ4n) is 3.58. The number of ketones is 2. The molecule has 4 aromatic rings. The summed E-state index contributed by atoms with van der Waals surface area (Å²) in [5, 5.41) is 1.62. The lowest BCUT2D eigenvalue weighted by molar-refractivity contribution is 0.0823. The number of pyridine rings is 1. The van der Waals surface area contributed by atoms with Crippen LogP contribution < -0.4 is 0 Å². The van der Waals surface area contributed by atoms with Crippen molar-refractivity contribution in [1.29, 1.82) is 0 Å². The highest BCUT2D eigenvalue weighted by atomic mass is 35.5. The van der Waals surface area contributed by atoms with Gasteiger partial charge in [0, 0.05) is 26.6 Å². The average Bonchev–Trinajstić information content (AvgIpc) is 3.11. The number of Topliss-reactive ketones (excluding diaryl/α,β-unsaturated/α-hetero) is 2. The molecule has 0 atom stereocenters. The van der Waals surface area contributed by atoms with Gasteiger partial charge in [0.1, 0.15) is 0 Å². The number of rotatable bonds is 4. The number of carbonyl (C=O) groups excluding carboxylic acids is 2. The summed E-state index contributed by atoms with van der Waals surface area (Å²) in [5.74, 6) is -0.482. The second kappa shape index (κ2) is 8.19. The Bertz CT molecular complexity index is 1360. The lowest BCUT2D eigenvalue weighted by atomic mass is 9.87. The molecular weight excluding hydrogens is 445 g/mol. The highest BCUT2D eigenvalue weighted by molar-refractivity contribution is 6.33. The molecule has 2 aromatic carbocycles. The first-order valence-electron chi connectivity index (χ1n) is 10.1. The summed E-state index contributed by atoms with van der Waals surface area (Å²) >= 11 is 12.6. The third-order valence-electron chi connectivity index (χ3n) is 5.21. The third kappa shape index (κ3) is 3.96. The van der Waals surface area contributed by atoms with E-state index in [1.165, 1.54) is 6.92 Å². The van der Waals surface area contributed by atoms with Crippen molar-refractivity contribution in [3.05, 3.63) is 76.0 Å². The van der Waals surface area contributed by atoms with Crippen LogP contribution >= 0.6 is 23.2 Å². The highest BCUT2D eigenvalue weighted by Gasteiger charge is 2.32. The zero-order chi connectivity index (χ0) is 23.2. The monoisotopic (exact) mass is 465 g/mol. The van der Waals surface area contributed by atoms with Crippen LogP contribution in [0.15, 0.2) is 59.0 Å². The fraction of sp³-hybridized carbons (Fsp3) is 0.192. The lowest BCUT2D eigenvalue weighted by Crippen LogP contribution is -2.21. The zero-order valence-corrected chi connectivity index (χ0v) is 19.6. The van der Waals surface area contributed by atoms with E-state index in [1.54, 1.807) is 39.0 Å². The minimum Gasteiger partial charge on any atom is -0.434 e. The number of fused-ring (bicyclic) bond motifs is 1. The number of halogens is 2. The van der Waals surface area contributed by atoms with E-state index in [0.717, 1.165) is 11.1 Å². The molecule has 162 valence electrons. The van der Waals surface area contributed by atoms with Crippen molar-refractivity contribution < 1.29 is 14.0 Å². The van der Waals surface area contributed by atoms with Crippen LogP contribution in [-0.2, 0) is 0 Å². The molecule has 0 unspecified atom stereocenters. The van der Waals surface area contributed by atoms with Gasteiger partial charge in [-0.2, -0.15) is 0 Å². The Morgan fingerprint density at radius 3 is 2.19 bits per heavy atom. The van der Waals surface area contributed by atoms with Gasteiger partial charge in [-0.1, -0.05) is 74.3 Å². The molecule has 0 saturated heterocycles. The number of hydrogen-bond donors (Lipinski definition) is 0. The predicted molar refractivity (Wildman–Crippen MR) is 129 cm³/mol. The van der Waals surface area contributed by atoms with Crippen molar-refractivity contribution in [1.82, 2.24) is 4.98 Å². The molecule has 0 aliphatic carbocycles. The van der Waals surface area contributed by atoms with Crippen molar-refractivity contribution in [2.45, 2.75) is 27.7 Å². The third-order valence-corrected chi connectivity index (χ3v) is 5.79. The Labute approximate surface area is 196 Å². The van der Waals surface area contributed by atoms with Gasteiger partial charge in [-0.15, -0.1) is 0 Å². The maximum atomic E-state index is 13.1. The summed E-state index contributed by atoms with van der Waals surface area (Å²) in [4.78, 5) is 30.4. The number of carbonyl (C=O) groups is 2. The van der Waals surface area contributed by atoms with Crippen LogP contribution in [0, 0.1) is 5.41 Å². The van der Waals surface area contributed by atoms with E-state index in [9.17, 15) is 9.59 Å². The van der Waals surface area contributed by atoms with Gasteiger partial charge >= 0.3 is 0 Å². The van der Waals surface area contributed by atoms with E-state index in [4.69, 9.17) is 32.6 Å². The maximum absolute atomic E-state index is 13.1. The SMILES string of the molecule is CC(=O)c1c(C(=O)C(C)(C)C)oc2nc(-c3ccccc3Cl)c(-c3ccc(Cl)cc3)cc12. The largest absolute Gasteiger partial charge is 0.434 e. The Balaban J connectivity index is 2.09. The molecule has 2 aromatic heterocycles. The molecule has 0 fully saturated rings. The molecule has 4 nitrogen and oxygen atoms in total. The van der Waals surface area contributed by atoms with E-state index < -0.39 is 5.41 Å². The summed E-state index contributed by atoms with van der Waals surface area (Å²) < 4.78 is 5.92. The second-order valence-corrected chi connectivity index (χ2v) is 9.51. The van der Waals surface area contributed by atoms with E-state index in [-0.39, 0.29) is 28.6 Å². The van der Waals surface area contributed by atoms with E-state index in [1.807, 2.05) is 36.4 Å². The molecule has 2 heterocycles. The van der Waals surface area contributed by atoms with Gasteiger partial charge in [0.05, 0.1) is 16.6 Å². The van der Waals surface area contributed by atoms with Crippen molar-refractivity contribution in [3.63, 3.8) is 0 Å². The van der Waals surface area contributed by atoms with Crippen LogP contribution in [0.3, 0.4) is 0 Å². The maximum Gasteiger partial charge on any atom is 0.228 e. The minimum atomic E-state index is -0.720. The quantitative estimate of drug-likeness (QED) is 0.287. The van der Waals surface area contributed by atoms with E-state index >= 15 is 0 Å². The summed E-state index contributed by atoms with van der Waals surface area (Å²) in [6, 6.07) is 16.5. The minimum absolute atomic E-state index is 0.0332. The molecule has 0 saturated carbocycles. The summed E-state index contributed by atoms with van der Waals surface area (Å²) in [7, 11) is 0. The van der Waals surface area contributed by atoms with Crippen molar-refractivity contribution in [3.8, 4) is 22.4 Å². The van der Waals surface area contributed by atoms with Gasteiger partial charge in [0.25, 0.3) is 0 Å². The Hall–Kier alpha value is -2.95. The summed E-state index contributed by atoms with van der Waals surface area (Å²) in [5.41, 5.74) is 2.64. The van der Waals surface area contributed by atoms with Crippen LogP contribution in [0.25, 0.3) is 33.5 Å². The van der Waals surface area contributed by atoms with Crippen molar-refractivity contribution in [2.24, 2.45) is 5.41 Å². The lowest BCUT2D eigenvalue weighted by Gasteiger charge is -2.14. The smallest absolute Gasteiger partial charge is 0.228 e. The molecular formula is C26H21Cl2NO3. The van der Waals surface area contributed by atoms with Crippen LogP contribution in [0.2, 0.25) is 10.0 Å². The molecule has 6 heteroatoms. The Morgan fingerprint density at radius 2 is 1.59 bits per heavy atom. The molecule has 0 aliphatic heterocycles. The highest BCUT2D eigenvalue weighted by Crippen LogP contribution is 2.40. The molecule has 0 aliphatic rings. The van der Waals surface area contributed by atoms with Crippen LogP contribution in [0.5, 0.6) is 0 Å². The van der Waals surface area contributed by atoms with E-state index in [0.29, 0.717) is 26.7 Å². The Kier molecular flexibility index (Phi) is 5.70. The zero-order valence-electron chi connectivity index (χ0n) is 18.1. The molecule has 0 radical (unpaired) electrons. The van der Waals surface area contributed by atoms with Gasteiger partial charge in [-0.3, -0.25) is 9.59 Å². The predicted octanol–water partition coefficient (Wildman–Crippen LogP) is 7.90. The van der Waals surface area contributed by atoms with Gasteiger partial charge in [-0.05, 0) is 36.8 Å². The van der Waals surface area contributed by atoms with Gasteiger partial charge in [0.2, 0.25) is 11.5 Å². The van der Waals surface area contributed by atoms with Crippen LogP contribution in [0.4, 0.5) is 0 Å². The van der Waals surface area contributed by atoms with Gasteiger partial charge < -0.3 is 4.42 Å². The fourth-order valence-corrected chi connectivity index (χ4v) is 3.93. The normalized spacial score (nSPS) is 11.7. The Morgan fingerprint density at radius 1 is 0.938 bits per heavy atom. The van der Waals surface area contributed by atoms with Crippen molar-refractivity contribution >= 4 is 45.9 Å². The number of furan rings is 1. The van der Waals surface area contributed by atoms with Gasteiger partial charge in [0.15, 0.2) is 11.5 Å². The molecule has 0 spiro atoms. The van der Waals surface area contributed by atoms with Crippen molar-refractivity contribution in [2.75, 3.05) is 0 Å². The van der Waals surface area contributed by atoms with Gasteiger partial charge in [-0.25, -0.2) is 4.98 Å². The van der Waals surface area contributed by atoms with E-state index in [2.05, 4.69) is 0 Å². The first kappa shape index (κ1) is 22.3. The van der Waals surface area contributed by atoms with Crippen LogP contribution in [0.1, 0.15) is 48.6 Å². The second-order valence-electron chi connectivity index (χ2n) is 8.67. The van der Waals surface area contributed by atoms with Crippen LogP contribution in [-0.4, -0.2) is 16.6 Å². The number of aromatic nitrogens is 1. The molecule has 0 N–H and O–H groups in total. The first-order chi connectivity index (χ1) is 15.1. The number of nitrogens with zero attached hydrogens (tertiary/aromatic N) is 1. The number of benzene rings is 2. The topological polar surface area (TPSA) is 60.2 Å². The number of hydrogen-bond acceptors (Lipinski definition) is 4. The molecule has 0 amide bonds. The molecule has 4 rings (SSSR count). The molecule has 0 bridgehead atoms. The summed E-state index contributed by atoms with van der Waals surface area (Å²) in [6.45, 7) is 6.78. The average molecular weight is 466 g/mol. The molecule has 32 heavy (non-hydrogen) atoms. The first-order valence-corrected chi connectivity index (χ1v) is 10.9.